The van der Waals surface area contributed by atoms with E-state index < -0.39 is 18.0 Å². The summed E-state index contributed by atoms with van der Waals surface area (Å²) in [4.78, 5) is 35.8. The first kappa shape index (κ1) is 13.9. The maximum absolute atomic E-state index is 12.0. The van der Waals surface area contributed by atoms with Gasteiger partial charge in [-0.1, -0.05) is 30.3 Å². The number of carboxylic acids is 1. The van der Waals surface area contributed by atoms with Crippen molar-refractivity contribution in [3.05, 3.63) is 35.9 Å². The number of urea groups is 1. The third kappa shape index (κ3) is 3.25. The number of nitrogens with zero attached hydrogens (tertiary/aromatic N) is 1. The summed E-state index contributed by atoms with van der Waals surface area (Å²) < 4.78 is 0. The summed E-state index contributed by atoms with van der Waals surface area (Å²) in [6.07, 6.45) is 0. The maximum Gasteiger partial charge on any atom is 0.330 e. The molecule has 7 nitrogen and oxygen atoms in total. The average Bonchev–Trinajstić information content (AvgIpc) is 2.45. The molecule has 0 radical (unpaired) electrons. The first-order chi connectivity index (χ1) is 9.58. The Bertz CT molecular complexity index is 518. The molecule has 1 aliphatic heterocycles. The van der Waals surface area contributed by atoms with Gasteiger partial charge in [-0.25, -0.2) is 9.59 Å². The zero-order valence-corrected chi connectivity index (χ0v) is 10.7. The fraction of sp³-hybridized carbons (Fsp3) is 0.308. The topological polar surface area (TPSA) is 98.7 Å². The fourth-order valence-corrected chi connectivity index (χ4v) is 1.96. The number of hydrogen-bond donors (Lipinski definition) is 3. The van der Waals surface area contributed by atoms with E-state index in [1.807, 2.05) is 0 Å². The van der Waals surface area contributed by atoms with E-state index >= 15 is 0 Å². The van der Waals surface area contributed by atoms with Crippen LogP contribution in [0.1, 0.15) is 11.6 Å². The maximum atomic E-state index is 12.0. The van der Waals surface area contributed by atoms with Crippen LogP contribution >= 0.6 is 0 Å². The number of carboxylic acid groups (broad SMARTS) is 1. The highest BCUT2D eigenvalue weighted by molar-refractivity contribution is 5.88. The molecular formula is C13H15N3O4. The van der Waals surface area contributed by atoms with E-state index in [9.17, 15) is 19.5 Å². The molecule has 7 heteroatoms. The van der Waals surface area contributed by atoms with Crippen LogP contribution in [0.2, 0.25) is 0 Å². The molecule has 20 heavy (non-hydrogen) atoms. The fourth-order valence-electron chi connectivity index (χ4n) is 1.96. The molecule has 1 aliphatic rings. The lowest BCUT2D eigenvalue weighted by atomic mass is 10.1. The van der Waals surface area contributed by atoms with E-state index in [4.69, 9.17) is 0 Å². The first-order valence-corrected chi connectivity index (χ1v) is 6.18. The largest absolute Gasteiger partial charge is 0.479 e. The molecule has 0 saturated carbocycles. The van der Waals surface area contributed by atoms with Gasteiger partial charge in [-0.3, -0.25) is 4.79 Å². The Morgan fingerprint density at radius 1 is 1.30 bits per heavy atom. The van der Waals surface area contributed by atoms with Crippen molar-refractivity contribution in [3.8, 4) is 0 Å². The van der Waals surface area contributed by atoms with Crippen LogP contribution < -0.4 is 10.6 Å². The smallest absolute Gasteiger partial charge is 0.330 e. The van der Waals surface area contributed by atoms with E-state index in [0.29, 0.717) is 18.7 Å². The van der Waals surface area contributed by atoms with Gasteiger partial charge in [0.1, 0.15) is 6.54 Å². The summed E-state index contributed by atoms with van der Waals surface area (Å²) >= 11 is 0. The summed E-state index contributed by atoms with van der Waals surface area (Å²) in [5, 5.41) is 14.2. The molecule has 1 fully saturated rings. The second-order valence-corrected chi connectivity index (χ2v) is 4.40. The van der Waals surface area contributed by atoms with Crippen molar-refractivity contribution in [2.75, 3.05) is 19.6 Å². The molecule has 0 bridgehead atoms. The van der Waals surface area contributed by atoms with Crippen LogP contribution in [0.5, 0.6) is 0 Å². The van der Waals surface area contributed by atoms with Gasteiger partial charge in [-0.2, -0.15) is 0 Å². The normalized spacial score (nSPS) is 16.2. The van der Waals surface area contributed by atoms with Gasteiger partial charge in [0.15, 0.2) is 6.04 Å². The van der Waals surface area contributed by atoms with Crippen molar-refractivity contribution >= 4 is 17.9 Å². The number of benzene rings is 1. The first-order valence-electron chi connectivity index (χ1n) is 6.18. The monoisotopic (exact) mass is 277 g/mol. The predicted octanol–water partition coefficient (Wildman–Crippen LogP) is -0.0463. The molecule has 1 heterocycles. The SMILES string of the molecule is O=C1CN(C(=O)N[C@@H](C(=O)O)c2ccccc2)CCN1. The Balaban J connectivity index is 2.07. The van der Waals surface area contributed by atoms with Gasteiger partial charge in [-0.05, 0) is 5.56 Å². The Kier molecular flexibility index (Phi) is 4.19. The van der Waals surface area contributed by atoms with Gasteiger partial charge in [0.25, 0.3) is 0 Å². The molecule has 1 saturated heterocycles. The molecule has 0 aliphatic carbocycles. The molecule has 0 spiro atoms. The highest BCUT2D eigenvalue weighted by atomic mass is 16.4. The summed E-state index contributed by atoms with van der Waals surface area (Å²) in [6, 6.07) is 6.73. The second kappa shape index (κ2) is 6.05. The summed E-state index contributed by atoms with van der Waals surface area (Å²) in [6.45, 7) is 0.668. The van der Waals surface area contributed by atoms with Crippen LogP contribution in [0.3, 0.4) is 0 Å². The number of amides is 3. The Hall–Kier alpha value is -2.57. The van der Waals surface area contributed by atoms with Crippen molar-refractivity contribution in [1.29, 1.82) is 0 Å². The van der Waals surface area contributed by atoms with Crippen molar-refractivity contribution in [1.82, 2.24) is 15.5 Å². The summed E-state index contributed by atoms with van der Waals surface area (Å²) in [7, 11) is 0. The third-order valence-corrected chi connectivity index (χ3v) is 2.97. The lowest BCUT2D eigenvalue weighted by Crippen LogP contribution is -2.54. The van der Waals surface area contributed by atoms with Gasteiger partial charge in [0.2, 0.25) is 5.91 Å². The standard InChI is InChI=1S/C13H15N3O4/c17-10-8-16(7-6-14-10)13(20)15-11(12(18)19)9-4-2-1-3-5-9/h1-5,11H,6-8H2,(H,14,17)(H,15,20)(H,18,19)/t11-/m1/s1. The average molecular weight is 277 g/mol. The van der Waals surface area contributed by atoms with Crippen molar-refractivity contribution in [3.63, 3.8) is 0 Å². The Morgan fingerprint density at radius 2 is 2.00 bits per heavy atom. The molecule has 1 aromatic rings. The van der Waals surface area contributed by atoms with Gasteiger partial charge in [-0.15, -0.1) is 0 Å². The van der Waals surface area contributed by atoms with Gasteiger partial charge in [0.05, 0.1) is 0 Å². The van der Waals surface area contributed by atoms with Gasteiger partial charge in [0, 0.05) is 13.1 Å². The number of carbonyl (C=O) groups is 3. The van der Waals surface area contributed by atoms with Crippen LogP contribution in [0.25, 0.3) is 0 Å². The van der Waals surface area contributed by atoms with E-state index in [1.165, 1.54) is 4.90 Å². The molecule has 1 aromatic carbocycles. The number of nitrogens with one attached hydrogen (secondary N) is 2. The number of carbonyl (C=O) groups excluding carboxylic acids is 2. The zero-order valence-electron chi connectivity index (χ0n) is 10.7. The van der Waals surface area contributed by atoms with Crippen LogP contribution in [-0.2, 0) is 9.59 Å². The molecular weight excluding hydrogens is 262 g/mol. The van der Waals surface area contributed by atoms with Crippen LogP contribution in [0.15, 0.2) is 30.3 Å². The Morgan fingerprint density at radius 3 is 2.60 bits per heavy atom. The lowest BCUT2D eigenvalue weighted by molar-refractivity contribution is -0.139. The quantitative estimate of drug-likeness (QED) is 0.721. The summed E-state index contributed by atoms with van der Waals surface area (Å²) in [5.74, 6) is -1.40. The van der Waals surface area contributed by atoms with Crippen LogP contribution in [0, 0.1) is 0 Å². The lowest BCUT2D eigenvalue weighted by Gasteiger charge is -2.28. The van der Waals surface area contributed by atoms with E-state index in [2.05, 4.69) is 10.6 Å². The van der Waals surface area contributed by atoms with Crippen molar-refractivity contribution in [2.45, 2.75) is 6.04 Å². The molecule has 0 unspecified atom stereocenters. The van der Waals surface area contributed by atoms with Crippen molar-refractivity contribution in [2.24, 2.45) is 0 Å². The van der Waals surface area contributed by atoms with Gasteiger partial charge >= 0.3 is 12.0 Å². The third-order valence-electron chi connectivity index (χ3n) is 2.97. The molecule has 3 amide bonds. The second-order valence-electron chi connectivity index (χ2n) is 4.40. The number of aliphatic carboxylic acids is 1. The number of piperazine rings is 1. The highest BCUT2D eigenvalue weighted by Gasteiger charge is 2.27. The number of rotatable bonds is 3. The molecule has 3 N–H and O–H groups in total. The molecule has 2 rings (SSSR count). The van der Waals surface area contributed by atoms with E-state index in [1.54, 1.807) is 30.3 Å². The molecule has 106 valence electrons. The van der Waals surface area contributed by atoms with Crippen LogP contribution in [-0.4, -0.2) is 47.5 Å². The predicted molar refractivity (Wildman–Crippen MR) is 69.9 cm³/mol. The molecule has 1 atom stereocenters. The summed E-state index contributed by atoms with van der Waals surface area (Å²) in [5.41, 5.74) is 0.481. The molecule has 0 aromatic heterocycles. The Labute approximate surface area is 115 Å². The minimum atomic E-state index is -1.15. The number of hydrogen-bond acceptors (Lipinski definition) is 3. The van der Waals surface area contributed by atoms with E-state index in [0.717, 1.165) is 0 Å². The minimum absolute atomic E-state index is 0.0625. The van der Waals surface area contributed by atoms with Gasteiger partial charge < -0.3 is 20.6 Å². The van der Waals surface area contributed by atoms with Crippen molar-refractivity contribution < 1.29 is 19.5 Å². The zero-order chi connectivity index (χ0) is 14.5. The van der Waals surface area contributed by atoms with Crippen LogP contribution in [0.4, 0.5) is 4.79 Å². The highest BCUT2D eigenvalue weighted by Crippen LogP contribution is 2.13. The minimum Gasteiger partial charge on any atom is -0.479 e. The van der Waals surface area contributed by atoms with E-state index in [-0.39, 0.29) is 12.5 Å².